The molecule has 7 rings (SSSR count). The Bertz CT molecular complexity index is 1630. The van der Waals surface area contributed by atoms with Crippen LogP contribution in [-0.2, 0) is 0 Å². The highest BCUT2D eigenvalue weighted by Gasteiger charge is 2.45. The zero-order valence-corrected chi connectivity index (χ0v) is 22.9. The van der Waals surface area contributed by atoms with Crippen molar-refractivity contribution in [1.29, 1.82) is 0 Å². The highest BCUT2D eigenvalue weighted by Crippen LogP contribution is 2.55. The molecule has 3 aromatic rings. The smallest absolute Gasteiger partial charge is 0.260 e. The number of rotatable bonds is 6. The summed E-state index contributed by atoms with van der Waals surface area (Å²) >= 11 is 0. The molecular weight excluding hydrogens is 526 g/mol. The second-order valence-electron chi connectivity index (χ2n) is 12.2. The summed E-state index contributed by atoms with van der Waals surface area (Å²) in [5.74, 6) is 0.737. The number of nitrogens with zero attached hydrogens (tertiary/aromatic N) is 3. The van der Waals surface area contributed by atoms with Crippen LogP contribution in [0.3, 0.4) is 0 Å². The maximum atomic E-state index is 15.1. The molecule has 3 heterocycles. The number of aliphatic hydroxyl groups is 1. The molecule has 9 heteroatoms. The Morgan fingerprint density at radius 3 is 2.85 bits per heavy atom. The van der Waals surface area contributed by atoms with Gasteiger partial charge in [0.15, 0.2) is 5.65 Å². The Labute approximate surface area is 236 Å². The number of fused-ring (bicyclic) bond motifs is 2. The van der Waals surface area contributed by atoms with E-state index in [1.165, 1.54) is 35.2 Å². The van der Waals surface area contributed by atoms with Gasteiger partial charge in [-0.05, 0) is 105 Å². The number of anilines is 1. The molecule has 2 N–H and O–H groups in total. The van der Waals surface area contributed by atoms with Crippen molar-refractivity contribution >= 4 is 22.8 Å². The summed E-state index contributed by atoms with van der Waals surface area (Å²) < 4.78 is 30.4. The van der Waals surface area contributed by atoms with Crippen molar-refractivity contribution in [1.82, 2.24) is 14.9 Å². The van der Waals surface area contributed by atoms with Crippen molar-refractivity contribution < 1.29 is 18.7 Å². The van der Waals surface area contributed by atoms with Crippen molar-refractivity contribution in [3.63, 3.8) is 0 Å². The molecule has 2 aromatic heterocycles. The molecule has 4 aliphatic rings. The molecule has 1 aliphatic heterocycles. The number of carbonyl (C=O) groups is 1. The third-order valence-corrected chi connectivity index (χ3v) is 9.80. The molecule has 1 amide bonds. The second kappa shape index (κ2) is 10.4. The lowest BCUT2D eigenvalue weighted by atomic mass is 9.86. The van der Waals surface area contributed by atoms with E-state index in [1.54, 1.807) is 12.1 Å². The first-order valence-electron chi connectivity index (χ1n) is 14.8. The average molecular weight is 561 g/mol. The maximum Gasteiger partial charge on any atom is 0.260 e. The van der Waals surface area contributed by atoms with E-state index in [0.717, 1.165) is 63.0 Å². The Morgan fingerprint density at radius 1 is 1.15 bits per heavy atom. The van der Waals surface area contributed by atoms with Crippen molar-refractivity contribution in [3.05, 3.63) is 75.2 Å². The molecule has 0 radical (unpaired) electrons. The first kappa shape index (κ1) is 26.3. The quantitative estimate of drug-likeness (QED) is 0.439. The van der Waals surface area contributed by atoms with E-state index in [2.05, 4.69) is 10.2 Å². The minimum Gasteiger partial charge on any atom is -0.396 e. The summed E-state index contributed by atoms with van der Waals surface area (Å²) in [5, 5.41) is 12.7. The number of nitrogens with one attached hydrogen (secondary N) is 1. The zero-order valence-electron chi connectivity index (χ0n) is 22.9. The number of carbonyl (C=O) groups excluding carboxylic acids is 1. The Morgan fingerprint density at radius 2 is 2.02 bits per heavy atom. The van der Waals surface area contributed by atoms with E-state index in [4.69, 9.17) is 4.98 Å². The number of benzene rings is 1. The van der Waals surface area contributed by atoms with Gasteiger partial charge < -0.3 is 15.3 Å². The molecule has 3 fully saturated rings. The van der Waals surface area contributed by atoms with E-state index in [0.29, 0.717) is 35.9 Å². The molecule has 1 saturated heterocycles. The lowest BCUT2D eigenvalue weighted by molar-refractivity contribution is 0.0960. The first-order valence-corrected chi connectivity index (χ1v) is 14.8. The molecule has 41 heavy (non-hydrogen) atoms. The van der Waals surface area contributed by atoms with Crippen LogP contribution in [0.15, 0.2) is 52.6 Å². The number of pyridine rings is 2. The number of aromatic nitrogens is 2. The van der Waals surface area contributed by atoms with Crippen LogP contribution in [0.4, 0.5) is 14.6 Å². The Balaban J connectivity index is 1.31. The molecule has 4 atom stereocenters. The van der Waals surface area contributed by atoms with Crippen LogP contribution < -0.4 is 15.6 Å². The lowest BCUT2D eigenvalue weighted by Gasteiger charge is -2.33. The van der Waals surface area contributed by atoms with Gasteiger partial charge in [-0.2, -0.15) is 0 Å². The molecule has 1 aromatic carbocycles. The number of amides is 1. The number of piperidine rings is 1. The summed E-state index contributed by atoms with van der Waals surface area (Å²) in [6, 6.07) is 6.64. The van der Waals surface area contributed by atoms with Crippen LogP contribution in [0.5, 0.6) is 0 Å². The normalized spacial score (nSPS) is 25.3. The predicted octanol–water partition coefficient (Wildman–Crippen LogP) is 5.09. The van der Waals surface area contributed by atoms with Crippen LogP contribution in [-0.4, -0.2) is 40.3 Å². The van der Waals surface area contributed by atoms with Gasteiger partial charge in [0.05, 0.1) is 11.1 Å². The average Bonchev–Trinajstić information content (AvgIpc) is 3.51. The van der Waals surface area contributed by atoms with Gasteiger partial charge in [-0.1, -0.05) is 0 Å². The monoisotopic (exact) mass is 560 g/mol. The highest BCUT2D eigenvalue weighted by atomic mass is 19.1. The number of hydrogen-bond donors (Lipinski definition) is 2. The summed E-state index contributed by atoms with van der Waals surface area (Å²) in [5.41, 5.74) is 1.91. The van der Waals surface area contributed by atoms with Crippen LogP contribution in [0.2, 0.25) is 0 Å². The molecule has 2 saturated carbocycles. The third-order valence-electron chi connectivity index (χ3n) is 9.80. The number of halogens is 2. The summed E-state index contributed by atoms with van der Waals surface area (Å²) in [7, 11) is 0. The summed E-state index contributed by atoms with van der Waals surface area (Å²) in [4.78, 5) is 34.3. The van der Waals surface area contributed by atoms with Gasteiger partial charge in [0.1, 0.15) is 23.0 Å². The van der Waals surface area contributed by atoms with Crippen molar-refractivity contribution in [2.24, 2.45) is 23.7 Å². The summed E-state index contributed by atoms with van der Waals surface area (Å²) in [6.07, 6.45) is 9.38. The SMILES string of the molecule is O=C(NC1=C2CCC3CC(C1)CC23)c1cn(-c2ccc(F)cc2F)c2nc(N3CCCC(CCO)C3)ccc2c1=O. The van der Waals surface area contributed by atoms with Crippen molar-refractivity contribution in [2.45, 2.75) is 51.4 Å². The fourth-order valence-corrected chi connectivity index (χ4v) is 7.89. The third kappa shape index (κ3) is 4.64. The fourth-order valence-electron chi connectivity index (χ4n) is 7.89. The van der Waals surface area contributed by atoms with Crippen LogP contribution in [0, 0.1) is 35.3 Å². The molecule has 4 unspecified atom stereocenters. The molecule has 2 bridgehead atoms. The van der Waals surface area contributed by atoms with Crippen LogP contribution >= 0.6 is 0 Å². The molecule has 214 valence electrons. The van der Waals surface area contributed by atoms with Crippen molar-refractivity contribution in [2.75, 3.05) is 24.6 Å². The lowest BCUT2D eigenvalue weighted by Crippen LogP contribution is -2.36. The second-order valence-corrected chi connectivity index (χ2v) is 12.2. The fraction of sp³-hybridized carbons (Fsp3) is 0.469. The topological polar surface area (TPSA) is 87.5 Å². The Kier molecular flexibility index (Phi) is 6.64. The number of allylic oxidation sites excluding steroid dienone is 2. The van der Waals surface area contributed by atoms with Crippen molar-refractivity contribution in [3.8, 4) is 5.69 Å². The maximum absolute atomic E-state index is 15.1. The van der Waals surface area contributed by atoms with Gasteiger partial charge >= 0.3 is 0 Å². The predicted molar refractivity (Wildman–Crippen MR) is 152 cm³/mol. The zero-order chi connectivity index (χ0) is 28.2. The largest absolute Gasteiger partial charge is 0.396 e. The van der Waals surface area contributed by atoms with E-state index < -0.39 is 23.0 Å². The van der Waals surface area contributed by atoms with Gasteiger partial charge in [-0.3, -0.25) is 14.2 Å². The standard InChI is InChI=1S/C32H34F2N4O3/c33-21-4-7-28(26(34)15-21)38-17-25(32(41)35-27-14-19-12-20-3-5-22(27)24(20)13-19)30(40)23-6-8-29(36-31(23)38)37-10-1-2-18(16-37)9-11-39/h4,6-8,15,17-20,24,39H,1-3,5,9-14,16H2,(H,35,41). The molecule has 0 spiro atoms. The van der Waals surface area contributed by atoms with E-state index in [1.807, 2.05) is 0 Å². The van der Waals surface area contributed by atoms with Crippen LogP contribution in [0.1, 0.15) is 61.7 Å². The number of hydrogen-bond acceptors (Lipinski definition) is 5. The summed E-state index contributed by atoms with van der Waals surface area (Å²) in [6.45, 7) is 1.61. The molecule has 7 nitrogen and oxygen atoms in total. The van der Waals surface area contributed by atoms with Gasteiger partial charge in [0, 0.05) is 37.7 Å². The first-order chi connectivity index (χ1) is 19.9. The van der Waals surface area contributed by atoms with Gasteiger partial charge in [0.25, 0.3) is 5.91 Å². The van der Waals surface area contributed by atoms with E-state index in [9.17, 15) is 19.1 Å². The van der Waals surface area contributed by atoms with Gasteiger partial charge in [-0.15, -0.1) is 0 Å². The number of aliphatic hydroxyl groups excluding tert-OH is 1. The molecular formula is C32H34F2N4O3. The van der Waals surface area contributed by atoms with Crippen LogP contribution in [0.25, 0.3) is 16.7 Å². The Hall–Kier alpha value is -3.59. The minimum atomic E-state index is -0.819. The van der Waals surface area contributed by atoms with E-state index >= 15 is 4.39 Å². The van der Waals surface area contributed by atoms with E-state index in [-0.39, 0.29) is 28.9 Å². The molecule has 3 aliphatic carbocycles. The minimum absolute atomic E-state index is 0.00303. The van der Waals surface area contributed by atoms with Gasteiger partial charge in [0.2, 0.25) is 5.43 Å². The highest BCUT2D eigenvalue weighted by molar-refractivity contribution is 5.98. The van der Waals surface area contributed by atoms with Gasteiger partial charge in [-0.25, -0.2) is 13.8 Å².